The highest BCUT2D eigenvalue weighted by Crippen LogP contribution is 2.66. The van der Waals surface area contributed by atoms with E-state index in [2.05, 4.69) is 42.9 Å². The fraction of sp³-hybridized carbons (Fsp3) is 0.423. The van der Waals surface area contributed by atoms with Crippen LogP contribution in [0.1, 0.15) is 51.5 Å². The molecule has 5 rings (SSSR count). The van der Waals surface area contributed by atoms with Gasteiger partial charge in [0.1, 0.15) is 0 Å². The average molecular weight is 449 g/mol. The van der Waals surface area contributed by atoms with E-state index in [-0.39, 0.29) is 5.41 Å². The molecule has 0 saturated carbocycles. The highest BCUT2D eigenvalue weighted by molar-refractivity contribution is 7.73. The van der Waals surface area contributed by atoms with Crippen LogP contribution in [0, 0.1) is 12.3 Å². The maximum absolute atomic E-state index is 15.0. The normalized spacial score (nSPS) is 24.9. The van der Waals surface area contributed by atoms with Crippen molar-refractivity contribution in [1.82, 2.24) is 4.90 Å². The van der Waals surface area contributed by atoms with Gasteiger partial charge in [-0.15, -0.1) is 0 Å². The zero-order valence-corrected chi connectivity index (χ0v) is 20.2. The number of hydrazone groups is 1. The number of benzene rings is 2. The molecule has 2 heterocycles. The number of piperidine rings is 1. The van der Waals surface area contributed by atoms with Gasteiger partial charge in [0, 0.05) is 24.5 Å². The summed E-state index contributed by atoms with van der Waals surface area (Å²) < 4.78 is 16.8. The molecule has 1 fully saturated rings. The molecule has 5 nitrogen and oxygen atoms in total. The third kappa shape index (κ3) is 3.88. The summed E-state index contributed by atoms with van der Waals surface area (Å²) in [6.45, 7) is 8.76. The molecule has 168 valence electrons. The quantitative estimate of drug-likeness (QED) is 0.512. The Bertz CT molecular complexity index is 1100. The van der Waals surface area contributed by atoms with Crippen molar-refractivity contribution in [2.24, 2.45) is 10.5 Å². The topological polar surface area (TPSA) is 47.9 Å². The van der Waals surface area contributed by atoms with Crippen molar-refractivity contribution in [3.63, 3.8) is 0 Å². The van der Waals surface area contributed by atoms with E-state index in [0.29, 0.717) is 0 Å². The summed E-state index contributed by atoms with van der Waals surface area (Å²) in [6.07, 6.45) is 5.44. The molecule has 3 aliphatic rings. The molecule has 32 heavy (non-hydrogen) atoms. The van der Waals surface area contributed by atoms with E-state index in [0.717, 1.165) is 48.3 Å². The van der Waals surface area contributed by atoms with Crippen molar-refractivity contribution < 1.29 is 4.57 Å². The Morgan fingerprint density at radius 3 is 2.31 bits per heavy atom. The second-order valence-electron chi connectivity index (χ2n) is 10.1. The molecule has 1 aliphatic carbocycles. The fourth-order valence-electron chi connectivity index (χ4n) is 5.12. The smallest absolute Gasteiger partial charge is 0.313 e. The minimum Gasteiger partial charge on any atom is -0.374 e. The van der Waals surface area contributed by atoms with Gasteiger partial charge >= 0.3 is 7.44 Å². The highest BCUT2D eigenvalue weighted by atomic mass is 31.2. The first-order chi connectivity index (χ1) is 15.4. The molecule has 0 aromatic heterocycles. The minimum atomic E-state index is -3.23. The van der Waals surface area contributed by atoms with Gasteiger partial charge in [-0.25, -0.2) is 0 Å². The Kier molecular flexibility index (Phi) is 5.41. The molecule has 2 aliphatic heterocycles. The number of para-hydroxylation sites is 1. The summed E-state index contributed by atoms with van der Waals surface area (Å²) in [5.74, 6) is 0. The number of nitrogens with one attached hydrogen (secondary N) is 1. The van der Waals surface area contributed by atoms with Crippen molar-refractivity contribution in [3.05, 3.63) is 71.2 Å². The number of nitrogens with zero attached hydrogens (tertiary/aromatic N) is 3. The van der Waals surface area contributed by atoms with E-state index >= 15 is 4.57 Å². The van der Waals surface area contributed by atoms with E-state index in [1.165, 1.54) is 30.5 Å². The number of allylic oxidation sites excluding steroid dienone is 2. The molecule has 0 spiro atoms. The van der Waals surface area contributed by atoms with Crippen molar-refractivity contribution in [2.75, 3.05) is 23.0 Å². The number of fused-ring (bicyclic) bond motifs is 1. The van der Waals surface area contributed by atoms with Gasteiger partial charge < -0.3 is 9.99 Å². The summed E-state index contributed by atoms with van der Waals surface area (Å²) in [5, 5.41) is 9.45. The van der Waals surface area contributed by atoms with Gasteiger partial charge in [-0.3, -0.25) is 4.57 Å². The molecular weight excluding hydrogens is 415 g/mol. The number of anilines is 2. The molecule has 0 amide bonds. The van der Waals surface area contributed by atoms with Crippen molar-refractivity contribution in [1.29, 1.82) is 0 Å². The molecule has 0 radical (unpaired) electrons. The summed E-state index contributed by atoms with van der Waals surface area (Å²) in [6, 6.07) is 18.1. The van der Waals surface area contributed by atoms with E-state index < -0.39 is 7.44 Å². The van der Waals surface area contributed by atoms with Gasteiger partial charge in [-0.05, 0) is 68.7 Å². The Morgan fingerprint density at radius 1 is 0.938 bits per heavy atom. The first-order valence-corrected chi connectivity index (χ1v) is 13.4. The van der Waals surface area contributed by atoms with Gasteiger partial charge in [0.25, 0.3) is 0 Å². The lowest BCUT2D eigenvalue weighted by Crippen LogP contribution is -2.36. The molecule has 1 atom stereocenters. The fourth-order valence-corrected chi connectivity index (χ4v) is 7.75. The lowest BCUT2D eigenvalue weighted by Gasteiger charge is -2.40. The molecule has 0 unspecified atom stereocenters. The van der Waals surface area contributed by atoms with E-state index in [9.17, 15) is 0 Å². The minimum absolute atomic E-state index is 0.0938. The molecular formula is C26H33N4OP. The molecule has 0 bridgehead atoms. The second-order valence-corrected chi connectivity index (χ2v) is 12.3. The van der Waals surface area contributed by atoms with Crippen molar-refractivity contribution in [2.45, 2.75) is 52.9 Å². The second kappa shape index (κ2) is 8.12. The van der Waals surface area contributed by atoms with Gasteiger partial charge in [0.15, 0.2) is 0 Å². The van der Waals surface area contributed by atoms with E-state index in [4.69, 9.17) is 5.10 Å². The van der Waals surface area contributed by atoms with Gasteiger partial charge in [0.2, 0.25) is 0 Å². The lowest BCUT2D eigenvalue weighted by molar-refractivity contribution is 0.240. The van der Waals surface area contributed by atoms with Crippen LogP contribution in [0.25, 0.3) is 0 Å². The van der Waals surface area contributed by atoms with Crippen LogP contribution in [0.5, 0.6) is 0 Å². The first kappa shape index (κ1) is 21.3. The molecule has 2 aromatic carbocycles. The van der Waals surface area contributed by atoms with Crippen LogP contribution in [-0.2, 0) is 4.57 Å². The largest absolute Gasteiger partial charge is 0.374 e. The molecule has 6 heteroatoms. The SMILES string of the molecule is Cc1ccc(N[P@@]2(=O)C3=C(N4CCCCC4)CC(C)(C)CC3=NN2c2ccccc2)cc1. The van der Waals surface area contributed by atoms with Gasteiger partial charge in [-0.1, -0.05) is 49.7 Å². The number of aryl methyl sites for hydroxylation is 1. The Balaban J connectivity index is 1.67. The zero-order valence-electron chi connectivity index (χ0n) is 19.3. The summed E-state index contributed by atoms with van der Waals surface area (Å²) >= 11 is 0. The zero-order chi connectivity index (χ0) is 22.3. The molecule has 1 saturated heterocycles. The maximum Gasteiger partial charge on any atom is 0.313 e. The van der Waals surface area contributed by atoms with Crippen LogP contribution >= 0.6 is 7.44 Å². The molecule has 2 aromatic rings. The lowest BCUT2D eigenvalue weighted by atomic mass is 9.78. The summed E-state index contributed by atoms with van der Waals surface area (Å²) in [7, 11) is -3.23. The standard InChI is InChI=1S/C26H33N4OP/c1-20-12-14-21(15-13-20)28-32(31)25-23(27-30(32)22-10-6-4-7-11-22)18-26(2,3)19-24(25)29-16-8-5-9-17-29/h4,6-7,10-15H,5,8-9,16-19H2,1-3H3,(H,28,31)/t32-/m0/s1. The Morgan fingerprint density at radius 2 is 1.62 bits per heavy atom. The average Bonchev–Trinajstić information content (AvgIpc) is 3.07. The van der Waals surface area contributed by atoms with Crippen LogP contribution in [0.15, 0.2) is 70.7 Å². The van der Waals surface area contributed by atoms with Crippen LogP contribution in [0.4, 0.5) is 11.4 Å². The van der Waals surface area contributed by atoms with Crippen LogP contribution < -0.4 is 9.87 Å². The van der Waals surface area contributed by atoms with Gasteiger partial charge in [-0.2, -0.15) is 9.88 Å². The van der Waals surface area contributed by atoms with E-state index in [1.54, 1.807) is 4.78 Å². The summed E-state index contributed by atoms with van der Waals surface area (Å²) in [4.78, 5) is 2.49. The van der Waals surface area contributed by atoms with E-state index in [1.807, 2.05) is 42.5 Å². The highest BCUT2D eigenvalue weighted by Gasteiger charge is 2.50. The number of hydrogen-bond donors (Lipinski definition) is 1. The predicted molar refractivity (Wildman–Crippen MR) is 134 cm³/mol. The first-order valence-electron chi connectivity index (χ1n) is 11.7. The number of hydrogen-bond acceptors (Lipinski definition) is 3. The number of likely N-dealkylation sites (tertiary alicyclic amines) is 1. The Hall–Kier alpha value is -2.52. The van der Waals surface area contributed by atoms with Crippen LogP contribution in [0.3, 0.4) is 0 Å². The monoisotopic (exact) mass is 448 g/mol. The predicted octanol–water partition coefficient (Wildman–Crippen LogP) is 6.99. The maximum atomic E-state index is 15.0. The van der Waals surface area contributed by atoms with Crippen molar-refractivity contribution in [3.8, 4) is 0 Å². The van der Waals surface area contributed by atoms with Gasteiger partial charge in [0.05, 0.1) is 16.7 Å². The summed E-state index contributed by atoms with van der Waals surface area (Å²) in [5.41, 5.74) is 5.22. The van der Waals surface area contributed by atoms with Crippen molar-refractivity contribution >= 4 is 24.5 Å². The third-order valence-electron chi connectivity index (χ3n) is 6.68. The number of rotatable bonds is 4. The Labute approximate surface area is 191 Å². The van der Waals surface area contributed by atoms with Crippen LogP contribution in [0.2, 0.25) is 0 Å². The third-order valence-corrected chi connectivity index (χ3v) is 9.22. The van der Waals surface area contributed by atoms with Crippen LogP contribution in [-0.4, -0.2) is 23.7 Å². The molecule has 1 N–H and O–H groups in total.